The molecule has 0 N–H and O–H groups in total. The monoisotopic (exact) mass is 379 g/mol. The quantitative estimate of drug-likeness (QED) is 0.799. The van der Waals surface area contributed by atoms with Crippen LogP contribution in [0.1, 0.15) is 19.4 Å². The third kappa shape index (κ3) is 3.42. The van der Waals surface area contributed by atoms with Crippen LogP contribution in [0.3, 0.4) is 0 Å². The lowest BCUT2D eigenvalue weighted by molar-refractivity contribution is -0.135. The molecule has 2 aromatic rings. The Labute approximate surface area is 165 Å². The summed E-state index contributed by atoms with van der Waals surface area (Å²) < 4.78 is 11.5. The molecular formula is C22H25N3O3. The summed E-state index contributed by atoms with van der Waals surface area (Å²) in [6.45, 7) is 6.77. The second kappa shape index (κ2) is 7.54. The largest absolute Gasteiger partial charge is 0.497 e. The van der Waals surface area contributed by atoms with Crippen molar-refractivity contribution in [3.8, 4) is 17.2 Å². The Morgan fingerprint density at radius 3 is 2.54 bits per heavy atom. The first-order valence-electron chi connectivity index (χ1n) is 9.64. The molecule has 1 fully saturated rings. The molecule has 4 rings (SSSR count). The number of carbonyl (C=O) groups excluding carboxylic acids is 1. The van der Waals surface area contributed by atoms with E-state index in [0.717, 1.165) is 47.4 Å². The minimum absolute atomic E-state index is 0.0234. The van der Waals surface area contributed by atoms with Crippen molar-refractivity contribution in [1.82, 2.24) is 9.80 Å². The molecule has 2 heterocycles. The van der Waals surface area contributed by atoms with Crippen molar-refractivity contribution >= 4 is 17.4 Å². The Balaban J connectivity index is 1.68. The van der Waals surface area contributed by atoms with Gasteiger partial charge in [0.05, 0.1) is 12.7 Å². The van der Waals surface area contributed by atoms with Crippen LogP contribution in [0.2, 0.25) is 0 Å². The predicted molar refractivity (Wildman–Crippen MR) is 109 cm³/mol. The van der Waals surface area contributed by atoms with Crippen LogP contribution in [-0.4, -0.2) is 54.8 Å². The van der Waals surface area contributed by atoms with Crippen molar-refractivity contribution in [2.24, 2.45) is 10.9 Å². The lowest BCUT2D eigenvalue weighted by Gasteiger charge is -2.37. The molecule has 1 amide bonds. The highest BCUT2D eigenvalue weighted by Gasteiger charge is 2.28. The number of fused-ring (bicyclic) bond motifs is 2. The Morgan fingerprint density at radius 1 is 1.07 bits per heavy atom. The first-order chi connectivity index (χ1) is 13.6. The first kappa shape index (κ1) is 18.3. The molecule has 146 valence electrons. The van der Waals surface area contributed by atoms with E-state index in [1.165, 1.54) is 0 Å². The van der Waals surface area contributed by atoms with Gasteiger partial charge in [-0.1, -0.05) is 26.0 Å². The number of ether oxygens (including phenoxy) is 2. The zero-order valence-electron chi connectivity index (χ0n) is 16.5. The smallest absolute Gasteiger partial charge is 0.225 e. The molecule has 0 aromatic heterocycles. The standard InChI is InChI=1S/C22H25N3O3/c1-15(2)22(26)25-12-10-24(11-13-25)21-17-9-8-16(27-3)14-20(17)28-19-7-5-4-6-18(19)23-21/h4-9,14-15H,10-13H2,1-3H3. The van der Waals surface area contributed by atoms with Gasteiger partial charge in [-0.05, 0) is 24.3 Å². The van der Waals surface area contributed by atoms with Crippen LogP contribution in [-0.2, 0) is 4.79 Å². The highest BCUT2D eigenvalue weighted by Crippen LogP contribution is 2.39. The van der Waals surface area contributed by atoms with Crippen LogP contribution < -0.4 is 9.47 Å². The number of amides is 1. The lowest BCUT2D eigenvalue weighted by atomic mass is 10.1. The van der Waals surface area contributed by atoms with Gasteiger partial charge in [-0.25, -0.2) is 4.99 Å². The summed E-state index contributed by atoms with van der Waals surface area (Å²) in [4.78, 5) is 21.4. The third-order valence-electron chi connectivity index (χ3n) is 5.13. The van der Waals surface area contributed by atoms with E-state index in [4.69, 9.17) is 14.5 Å². The Bertz CT molecular complexity index is 915. The van der Waals surface area contributed by atoms with Crippen LogP contribution in [0.4, 0.5) is 5.69 Å². The van der Waals surface area contributed by atoms with E-state index in [2.05, 4.69) is 4.90 Å². The van der Waals surface area contributed by atoms with E-state index in [0.29, 0.717) is 13.1 Å². The second-order valence-electron chi connectivity index (χ2n) is 7.33. The molecule has 0 saturated carbocycles. The number of nitrogens with zero attached hydrogens (tertiary/aromatic N) is 3. The second-order valence-corrected chi connectivity index (χ2v) is 7.33. The number of carbonyl (C=O) groups is 1. The molecule has 28 heavy (non-hydrogen) atoms. The number of para-hydroxylation sites is 2. The summed E-state index contributed by atoms with van der Waals surface area (Å²) in [5.41, 5.74) is 1.73. The maximum absolute atomic E-state index is 12.3. The molecule has 0 unspecified atom stereocenters. The summed E-state index contributed by atoms with van der Waals surface area (Å²) in [7, 11) is 1.65. The summed E-state index contributed by atoms with van der Waals surface area (Å²) >= 11 is 0. The maximum atomic E-state index is 12.3. The topological polar surface area (TPSA) is 54.4 Å². The van der Waals surface area contributed by atoms with Gasteiger partial charge in [0, 0.05) is 38.2 Å². The van der Waals surface area contributed by atoms with Gasteiger partial charge >= 0.3 is 0 Å². The fourth-order valence-corrected chi connectivity index (χ4v) is 3.57. The third-order valence-corrected chi connectivity index (χ3v) is 5.13. The van der Waals surface area contributed by atoms with Crippen molar-refractivity contribution in [1.29, 1.82) is 0 Å². The molecule has 6 nitrogen and oxygen atoms in total. The average Bonchev–Trinajstić information content (AvgIpc) is 2.89. The summed E-state index contributed by atoms with van der Waals surface area (Å²) in [5, 5.41) is 0. The fraction of sp³-hybridized carbons (Fsp3) is 0.364. The number of methoxy groups -OCH3 is 1. The molecule has 0 aliphatic carbocycles. The minimum Gasteiger partial charge on any atom is -0.497 e. The number of benzene rings is 2. The maximum Gasteiger partial charge on any atom is 0.225 e. The number of hydrogen-bond acceptors (Lipinski definition) is 5. The molecule has 2 aromatic carbocycles. The SMILES string of the molecule is COc1ccc2c(c1)Oc1ccccc1N=C2N1CCN(C(=O)C(C)C)CC1. The van der Waals surface area contributed by atoms with Gasteiger partial charge in [0.25, 0.3) is 0 Å². The molecular weight excluding hydrogens is 354 g/mol. The molecule has 2 aliphatic heterocycles. The summed E-state index contributed by atoms with van der Waals surface area (Å²) in [6.07, 6.45) is 0. The molecule has 0 radical (unpaired) electrons. The summed E-state index contributed by atoms with van der Waals surface area (Å²) in [6, 6.07) is 13.6. The van der Waals surface area contributed by atoms with Crippen molar-refractivity contribution in [2.75, 3.05) is 33.3 Å². The van der Waals surface area contributed by atoms with Crippen molar-refractivity contribution in [3.05, 3.63) is 48.0 Å². The Kier molecular flexibility index (Phi) is 4.94. The molecule has 0 bridgehead atoms. The zero-order chi connectivity index (χ0) is 19.7. The average molecular weight is 379 g/mol. The minimum atomic E-state index is 0.0234. The lowest BCUT2D eigenvalue weighted by Crippen LogP contribution is -2.51. The van der Waals surface area contributed by atoms with Gasteiger partial charge in [0.2, 0.25) is 5.91 Å². The van der Waals surface area contributed by atoms with Gasteiger partial charge < -0.3 is 19.3 Å². The van der Waals surface area contributed by atoms with Crippen LogP contribution in [0.15, 0.2) is 47.5 Å². The van der Waals surface area contributed by atoms with E-state index in [1.54, 1.807) is 7.11 Å². The van der Waals surface area contributed by atoms with Crippen LogP contribution >= 0.6 is 0 Å². The van der Waals surface area contributed by atoms with E-state index < -0.39 is 0 Å². The highest BCUT2D eigenvalue weighted by atomic mass is 16.5. The molecule has 6 heteroatoms. The molecule has 0 spiro atoms. The number of rotatable bonds is 2. The van der Waals surface area contributed by atoms with Crippen molar-refractivity contribution in [3.63, 3.8) is 0 Å². The van der Waals surface area contributed by atoms with Gasteiger partial charge in [0.1, 0.15) is 23.0 Å². The van der Waals surface area contributed by atoms with Crippen molar-refractivity contribution in [2.45, 2.75) is 13.8 Å². The molecule has 0 atom stereocenters. The molecule has 1 saturated heterocycles. The Morgan fingerprint density at radius 2 is 1.82 bits per heavy atom. The van der Waals surface area contributed by atoms with Crippen LogP contribution in [0.25, 0.3) is 0 Å². The van der Waals surface area contributed by atoms with E-state index >= 15 is 0 Å². The summed E-state index contributed by atoms with van der Waals surface area (Å²) in [5.74, 6) is 3.30. The Hall–Kier alpha value is -3.02. The number of amidine groups is 1. The zero-order valence-corrected chi connectivity index (χ0v) is 16.5. The van der Waals surface area contributed by atoms with Gasteiger partial charge in [-0.2, -0.15) is 0 Å². The number of piperazine rings is 1. The van der Waals surface area contributed by atoms with Gasteiger partial charge in [0.15, 0.2) is 5.75 Å². The molecule has 2 aliphatic rings. The normalized spacial score (nSPS) is 15.9. The van der Waals surface area contributed by atoms with Gasteiger partial charge in [-0.15, -0.1) is 0 Å². The van der Waals surface area contributed by atoms with Crippen molar-refractivity contribution < 1.29 is 14.3 Å². The first-order valence-corrected chi connectivity index (χ1v) is 9.64. The number of hydrogen-bond donors (Lipinski definition) is 0. The van der Waals surface area contributed by atoms with E-state index in [1.807, 2.05) is 61.2 Å². The highest BCUT2D eigenvalue weighted by molar-refractivity contribution is 6.04. The van der Waals surface area contributed by atoms with Crippen LogP contribution in [0, 0.1) is 5.92 Å². The van der Waals surface area contributed by atoms with Crippen LogP contribution in [0.5, 0.6) is 17.2 Å². The van der Waals surface area contributed by atoms with E-state index in [9.17, 15) is 4.79 Å². The van der Waals surface area contributed by atoms with E-state index in [-0.39, 0.29) is 11.8 Å². The fourth-order valence-electron chi connectivity index (χ4n) is 3.57. The number of aliphatic imine (C=N–C) groups is 1. The van der Waals surface area contributed by atoms with Gasteiger partial charge in [-0.3, -0.25) is 4.79 Å². The predicted octanol–water partition coefficient (Wildman–Crippen LogP) is 3.68.